The number of carbonyl (C=O) groups excluding carboxylic acids is 1. The van der Waals surface area contributed by atoms with Crippen molar-refractivity contribution in [3.8, 4) is 11.5 Å². The third-order valence-electron chi connectivity index (χ3n) is 3.81. The van der Waals surface area contributed by atoms with Gasteiger partial charge in [0.1, 0.15) is 0 Å². The number of benzene rings is 2. The highest BCUT2D eigenvalue weighted by Gasteiger charge is 2.18. The molecule has 0 bridgehead atoms. The molecule has 0 spiro atoms. The smallest absolute Gasteiger partial charge is 0.322 e. The molecule has 27 heavy (non-hydrogen) atoms. The first-order valence-electron chi connectivity index (χ1n) is 8.02. The van der Waals surface area contributed by atoms with Crippen molar-refractivity contribution >= 4 is 21.9 Å². The van der Waals surface area contributed by atoms with Gasteiger partial charge in [0.05, 0.1) is 4.90 Å². The van der Waals surface area contributed by atoms with Crippen LogP contribution in [0.2, 0.25) is 0 Å². The van der Waals surface area contributed by atoms with Crippen LogP contribution in [0.15, 0.2) is 57.8 Å². The Morgan fingerprint density at radius 2 is 1.78 bits per heavy atom. The molecule has 1 N–H and O–H groups in total. The lowest BCUT2D eigenvalue weighted by Gasteiger charge is -2.11. The maximum absolute atomic E-state index is 12.2. The van der Waals surface area contributed by atoms with E-state index in [9.17, 15) is 13.2 Å². The van der Waals surface area contributed by atoms with Gasteiger partial charge in [-0.15, -0.1) is 5.10 Å². The van der Waals surface area contributed by atoms with Crippen LogP contribution in [0, 0.1) is 6.92 Å². The quantitative estimate of drug-likeness (QED) is 0.722. The topological polar surface area (TPSA) is 105 Å². The first-order chi connectivity index (χ1) is 12.8. The minimum Gasteiger partial charge on any atom is -0.403 e. The molecule has 8 nitrogen and oxygen atoms in total. The summed E-state index contributed by atoms with van der Waals surface area (Å²) in [5, 5.41) is 10.2. The minimum atomic E-state index is -3.51. The Morgan fingerprint density at radius 3 is 2.41 bits per heavy atom. The lowest BCUT2D eigenvalue weighted by molar-refractivity contribution is 0.102. The zero-order valence-corrected chi connectivity index (χ0v) is 15.8. The average molecular weight is 386 g/mol. The first kappa shape index (κ1) is 18.7. The fraction of sp³-hybridized carbons (Fsp3) is 0.167. The molecule has 1 heterocycles. The van der Waals surface area contributed by atoms with E-state index < -0.39 is 10.0 Å². The number of carbonyl (C=O) groups is 1. The van der Waals surface area contributed by atoms with Crippen molar-refractivity contribution < 1.29 is 17.6 Å². The normalized spacial score (nSPS) is 11.6. The molecule has 0 aliphatic rings. The van der Waals surface area contributed by atoms with Crippen LogP contribution in [0.5, 0.6) is 0 Å². The van der Waals surface area contributed by atoms with Gasteiger partial charge in [-0.1, -0.05) is 22.8 Å². The van der Waals surface area contributed by atoms with Crippen LogP contribution >= 0.6 is 0 Å². The molecule has 1 amide bonds. The fourth-order valence-corrected chi connectivity index (χ4v) is 3.23. The predicted octanol–water partition coefficient (Wildman–Crippen LogP) is 2.55. The van der Waals surface area contributed by atoms with Gasteiger partial charge in [0, 0.05) is 25.2 Å². The van der Waals surface area contributed by atoms with Gasteiger partial charge in [-0.25, -0.2) is 12.7 Å². The lowest BCUT2D eigenvalue weighted by atomic mass is 10.1. The zero-order chi connectivity index (χ0) is 19.6. The maximum atomic E-state index is 12.2. The number of nitrogens with one attached hydrogen (secondary N) is 1. The van der Waals surface area contributed by atoms with Crippen molar-refractivity contribution in [2.45, 2.75) is 11.8 Å². The molecule has 0 atom stereocenters. The van der Waals surface area contributed by atoms with E-state index in [0.717, 1.165) is 9.87 Å². The molecule has 0 saturated carbocycles. The Hall–Kier alpha value is -3.04. The van der Waals surface area contributed by atoms with Crippen LogP contribution < -0.4 is 5.32 Å². The summed E-state index contributed by atoms with van der Waals surface area (Å²) in [6.45, 7) is 1.89. The molecular formula is C18H18N4O4S. The maximum Gasteiger partial charge on any atom is 0.322 e. The van der Waals surface area contributed by atoms with Gasteiger partial charge in [-0.3, -0.25) is 10.1 Å². The number of anilines is 1. The zero-order valence-electron chi connectivity index (χ0n) is 15.0. The Bertz CT molecular complexity index is 1070. The molecule has 9 heteroatoms. The Kier molecular flexibility index (Phi) is 5.06. The number of nitrogens with zero attached hydrogens (tertiary/aromatic N) is 3. The van der Waals surface area contributed by atoms with E-state index in [-0.39, 0.29) is 22.7 Å². The Morgan fingerprint density at radius 1 is 1.07 bits per heavy atom. The van der Waals surface area contributed by atoms with Crippen LogP contribution in [0.3, 0.4) is 0 Å². The van der Waals surface area contributed by atoms with E-state index >= 15 is 0 Å². The Balaban J connectivity index is 1.77. The second kappa shape index (κ2) is 7.29. The Labute approximate surface area is 156 Å². The van der Waals surface area contributed by atoms with Crippen molar-refractivity contribution in [2.24, 2.45) is 0 Å². The molecule has 0 unspecified atom stereocenters. The second-order valence-electron chi connectivity index (χ2n) is 6.05. The molecule has 0 aliphatic heterocycles. The number of amides is 1. The van der Waals surface area contributed by atoms with E-state index in [1.54, 1.807) is 30.3 Å². The highest BCUT2D eigenvalue weighted by molar-refractivity contribution is 7.89. The summed E-state index contributed by atoms with van der Waals surface area (Å²) in [4.78, 5) is 12.4. The van der Waals surface area contributed by atoms with E-state index in [0.29, 0.717) is 11.1 Å². The van der Waals surface area contributed by atoms with Gasteiger partial charge in [-0.2, -0.15) is 0 Å². The SMILES string of the molecule is Cc1cccc(C(=O)Nc2nnc(-c3ccc(S(=O)(=O)N(C)C)cc3)o2)c1. The highest BCUT2D eigenvalue weighted by atomic mass is 32.2. The summed E-state index contributed by atoms with van der Waals surface area (Å²) in [6, 6.07) is 13.1. The van der Waals surface area contributed by atoms with Crippen molar-refractivity contribution in [3.05, 3.63) is 59.7 Å². The number of hydrogen-bond acceptors (Lipinski definition) is 6. The van der Waals surface area contributed by atoms with E-state index in [1.807, 2.05) is 13.0 Å². The van der Waals surface area contributed by atoms with Crippen molar-refractivity contribution in [1.29, 1.82) is 0 Å². The third kappa shape index (κ3) is 4.04. The van der Waals surface area contributed by atoms with Gasteiger partial charge in [0.15, 0.2) is 0 Å². The van der Waals surface area contributed by atoms with Gasteiger partial charge >= 0.3 is 6.01 Å². The number of rotatable bonds is 5. The molecule has 1 aromatic heterocycles. The average Bonchev–Trinajstić information content (AvgIpc) is 3.10. The number of sulfonamides is 1. The monoisotopic (exact) mass is 386 g/mol. The lowest BCUT2D eigenvalue weighted by Crippen LogP contribution is -2.22. The van der Waals surface area contributed by atoms with Gasteiger partial charge in [0.2, 0.25) is 15.9 Å². The standard InChI is InChI=1S/C18H18N4O4S/c1-12-5-4-6-14(11-12)16(23)19-18-21-20-17(26-18)13-7-9-15(10-8-13)27(24,25)22(2)3/h4-11H,1-3H3,(H,19,21,23). The van der Waals surface area contributed by atoms with Crippen LogP contribution in [0.4, 0.5) is 6.01 Å². The molecule has 3 rings (SSSR count). The summed E-state index contributed by atoms with van der Waals surface area (Å²) in [6.07, 6.45) is 0. The van der Waals surface area contributed by atoms with Crippen LogP contribution in [0.25, 0.3) is 11.5 Å². The molecule has 140 valence electrons. The van der Waals surface area contributed by atoms with Crippen LogP contribution in [-0.2, 0) is 10.0 Å². The van der Waals surface area contributed by atoms with Crippen molar-refractivity contribution in [2.75, 3.05) is 19.4 Å². The largest absolute Gasteiger partial charge is 0.403 e. The summed E-state index contributed by atoms with van der Waals surface area (Å²) >= 11 is 0. The summed E-state index contributed by atoms with van der Waals surface area (Å²) in [5.74, 6) is -0.190. The number of aryl methyl sites for hydroxylation is 1. The van der Waals surface area contributed by atoms with Crippen molar-refractivity contribution in [1.82, 2.24) is 14.5 Å². The summed E-state index contributed by atoms with van der Waals surface area (Å²) in [5.41, 5.74) is 1.98. The van der Waals surface area contributed by atoms with Crippen LogP contribution in [0.1, 0.15) is 15.9 Å². The summed E-state index contributed by atoms with van der Waals surface area (Å²) < 4.78 is 30.8. The third-order valence-corrected chi connectivity index (χ3v) is 5.63. The predicted molar refractivity (Wildman–Crippen MR) is 99.7 cm³/mol. The molecule has 0 saturated heterocycles. The van der Waals surface area contributed by atoms with Crippen LogP contribution in [-0.4, -0.2) is 42.9 Å². The van der Waals surface area contributed by atoms with Gasteiger partial charge in [-0.05, 0) is 43.3 Å². The fourth-order valence-electron chi connectivity index (χ4n) is 2.33. The second-order valence-corrected chi connectivity index (χ2v) is 8.20. The van der Waals surface area contributed by atoms with E-state index in [4.69, 9.17) is 4.42 Å². The molecule has 0 radical (unpaired) electrons. The number of hydrogen-bond donors (Lipinski definition) is 1. The minimum absolute atomic E-state index is 0.0403. The van der Waals surface area contributed by atoms with Gasteiger partial charge in [0.25, 0.3) is 5.91 Å². The van der Waals surface area contributed by atoms with E-state index in [2.05, 4.69) is 15.5 Å². The van der Waals surface area contributed by atoms with Crippen molar-refractivity contribution in [3.63, 3.8) is 0 Å². The molecule has 0 fully saturated rings. The highest BCUT2D eigenvalue weighted by Crippen LogP contribution is 2.23. The number of aromatic nitrogens is 2. The first-order valence-corrected chi connectivity index (χ1v) is 9.46. The molecule has 0 aliphatic carbocycles. The summed E-state index contributed by atoms with van der Waals surface area (Å²) in [7, 11) is -0.586. The molecular weight excluding hydrogens is 368 g/mol. The van der Waals surface area contributed by atoms with Gasteiger partial charge < -0.3 is 4.42 Å². The molecule has 2 aromatic carbocycles. The molecule has 3 aromatic rings. The van der Waals surface area contributed by atoms with E-state index in [1.165, 1.54) is 26.2 Å².